The fourth-order valence-electron chi connectivity index (χ4n) is 9.33. The van der Waals surface area contributed by atoms with Crippen molar-refractivity contribution in [3.8, 4) is 67.8 Å². The maximum Gasteiger partial charge on any atom is 0.177 e. The molecule has 7 nitrogen and oxygen atoms in total. The van der Waals surface area contributed by atoms with Crippen LogP contribution in [0.1, 0.15) is 0 Å². The summed E-state index contributed by atoms with van der Waals surface area (Å²) in [5.41, 5.74) is 13.5. The summed E-state index contributed by atoms with van der Waals surface area (Å²) < 4.78 is 4.63. The molecule has 9 aromatic carbocycles. The van der Waals surface area contributed by atoms with E-state index in [2.05, 4.69) is 152 Å². The molecule has 0 saturated carbocycles. The van der Waals surface area contributed by atoms with Gasteiger partial charge >= 0.3 is 0 Å². The van der Waals surface area contributed by atoms with Crippen molar-refractivity contribution in [3.63, 3.8) is 0 Å². The molecule has 66 heavy (non-hydrogen) atoms. The first-order chi connectivity index (χ1) is 32.6. The van der Waals surface area contributed by atoms with Gasteiger partial charge in [0.25, 0.3) is 0 Å². The van der Waals surface area contributed by atoms with Crippen LogP contribution in [0.5, 0.6) is 0 Å². The Bertz CT molecular complexity index is 3860. The van der Waals surface area contributed by atoms with Crippen LogP contribution in [-0.2, 0) is 0 Å². The van der Waals surface area contributed by atoms with Crippen molar-refractivity contribution in [1.29, 1.82) is 0 Å². The molecule has 12 rings (SSSR count). The summed E-state index contributed by atoms with van der Waals surface area (Å²) in [7, 11) is 0. The molecule has 0 aliphatic rings. The molecular formula is C59H35N7. The quantitative estimate of drug-likeness (QED) is 0.150. The summed E-state index contributed by atoms with van der Waals surface area (Å²) in [5.74, 6) is 1.69. The molecule has 3 heterocycles. The van der Waals surface area contributed by atoms with Gasteiger partial charge in [-0.2, -0.15) is 0 Å². The van der Waals surface area contributed by atoms with E-state index in [1.54, 1.807) is 6.07 Å². The predicted octanol–water partition coefficient (Wildman–Crippen LogP) is 15.5. The monoisotopic (exact) mass is 841 g/mol. The van der Waals surface area contributed by atoms with Crippen molar-refractivity contribution in [2.75, 3.05) is 0 Å². The highest BCUT2D eigenvalue weighted by molar-refractivity contribution is 6.12. The Morgan fingerprint density at radius 1 is 0.318 bits per heavy atom. The minimum absolute atomic E-state index is 0.429. The van der Waals surface area contributed by atoms with E-state index in [9.17, 15) is 0 Å². The first-order valence-electron chi connectivity index (χ1n) is 21.7. The van der Waals surface area contributed by atoms with Crippen LogP contribution in [0.2, 0.25) is 0 Å². The molecule has 0 N–H and O–H groups in total. The summed E-state index contributed by atoms with van der Waals surface area (Å²) in [6.07, 6.45) is 0. The zero-order chi connectivity index (χ0) is 44.1. The summed E-state index contributed by atoms with van der Waals surface area (Å²) in [6.45, 7) is 15.5. The third-order valence-corrected chi connectivity index (χ3v) is 12.4. The van der Waals surface area contributed by atoms with Gasteiger partial charge in [0.05, 0.1) is 40.9 Å². The average Bonchev–Trinajstić information content (AvgIpc) is 3.91. The summed E-state index contributed by atoms with van der Waals surface area (Å²) >= 11 is 0. The van der Waals surface area contributed by atoms with Crippen LogP contribution in [0.3, 0.4) is 0 Å². The third-order valence-electron chi connectivity index (χ3n) is 12.4. The Morgan fingerprint density at radius 3 is 1.45 bits per heavy atom. The molecule has 0 aliphatic carbocycles. The third kappa shape index (κ3) is 6.47. The Balaban J connectivity index is 1.14. The standard InChI is InChI=1S/C59H35N7/c1-60-44-32-43(33-45(37-44)61-2)42-26-29-49-47-22-12-15-25-53(47)66(56(49)36-42)55-31-28-41(40-27-30-54-50(34-40)48-23-13-14-24-52(48)65(54)46-20-10-5-11-21-46)35-51(55)59-63-57(38-16-6-3-7-17-38)62-58(64-59)39-18-8-4-9-19-39/h3-37H. The molecule has 7 heteroatoms. The molecule has 12 aromatic rings. The largest absolute Gasteiger partial charge is 0.309 e. The van der Waals surface area contributed by atoms with Gasteiger partial charge in [-0.05, 0) is 76.9 Å². The van der Waals surface area contributed by atoms with Gasteiger partial charge in [-0.1, -0.05) is 158 Å². The average molecular weight is 842 g/mol. The minimum atomic E-state index is 0.429. The lowest BCUT2D eigenvalue weighted by atomic mass is 9.99. The van der Waals surface area contributed by atoms with E-state index in [1.807, 2.05) is 72.8 Å². The molecule has 0 unspecified atom stereocenters. The maximum atomic E-state index is 7.76. The van der Waals surface area contributed by atoms with Crippen LogP contribution in [0.25, 0.3) is 121 Å². The van der Waals surface area contributed by atoms with Gasteiger partial charge in [0.15, 0.2) is 28.8 Å². The minimum Gasteiger partial charge on any atom is -0.309 e. The van der Waals surface area contributed by atoms with E-state index in [4.69, 9.17) is 28.1 Å². The van der Waals surface area contributed by atoms with Crippen LogP contribution in [0.4, 0.5) is 11.4 Å². The van der Waals surface area contributed by atoms with Gasteiger partial charge in [-0.3, -0.25) is 0 Å². The number of aromatic nitrogens is 5. The Hall–Kier alpha value is -9.43. The molecule has 0 fully saturated rings. The molecular weight excluding hydrogens is 807 g/mol. The Morgan fingerprint density at radius 2 is 0.803 bits per heavy atom. The smallest absolute Gasteiger partial charge is 0.177 e. The summed E-state index contributed by atoms with van der Waals surface area (Å²) in [5, 5.41) is 4.51. The van der Waals surface area contributed by atoms with Crippen molar-refractivity contribution >= 4 is 55.0 Å². The molecule has 0 bridgehead atoms. The first kappa shape index (κ1) is 38.3. The normalized spacial score (nSPS) is 11.3. The topological polar surface area (TPSA) is 57.2 Å². The zero-order valence-corrected chi connectivity index (χ0v) is 35.3. The highest BCUT2D eigenvalue weighted by Crippen LogP contribution is 2.42. The molecule has 0 radical (unpaired) electrons. The summed E-state index contributed by atoms with van der Waals surface area (Å²) in [6, 6.07) is 72.7. The molecule has 0 atom stereocenters. The van der Waals surface area contributed by atoms with Gasteiger partial charge in [0.2, 0.25) is 0 Å². The molecule has 0 spiro atoms. The van der Waals surface area contributed by atoms with Gasteiger partial charge < -0.3 is 9.13 Å². The van der Waals surface area contributed by atoms with Gasteiger partial charge in [-0.15, -0.1) is 0 Å². The lowest BCUT2D eigenvalue weighted by molar-refractivity contribution is 1.06. The highest BCUT2D eigenvalue weighted by Gasteiger charge is 2.22. The lowest BCUT2D eigenvalue weighted by Crippen LogP contribution is -2.04. The first-order valence-corrected chi connectivity index (χ1v) is 21.7. The number of fused-ring (bicyclic) bond motifs is 6. The van der Waals surface area contributed by atoms with Gasteiger partial charge in [0.1, 0.15) is 0 Å². The second kappa shape index (κ2) is 15.7. The van der Waals surface area contributed by atoms with E-state index >= 15 is 0 Å². The van der Waals surface area contributed by atoms with Crippen molar-refractivity contribution in [3.05, 3.63) is 235 Å². The Labute approximate surface area is 380 Å². The number of para-hydroxylation sites is 3. The number of nitrogens with zero attached hydrogens (tertiary/aromatic N) is 7. The number of benzene rings is 9. The van der Waals surface area contributed by atoms with Crippen molar-refractivity contribution < 1.29 is 0 Å². The molecule has 0 aliphatic heterocycles. The number of hydrogen-bond donors (Lipinski definition) is 0. The second-order valence-electron chi connectivity index (χ2n) is 16.2. The molecule has 0 amide bonds. The molecule has 0 saturated heterocycles. The van der Waals surface area contributed by atoms with Crippen LogP contribution < -0.4 is 0 Å². The molecule has 306 valence electrons. The van der Waals surface area contributed by atoms with Gasteiger partial charge in [0, 0.05) is 43.9 Å². The van der Waals surface area contributed by atoms with Gasteiger partial charge in [-0.25, -0.2) is 24.6 Å². The van der Waals surface area contributed by atoms with Crippen LogP contribution in [-0.4, -0.2) is 24.1 Å². The van der Waals surface area contributed by atoms with Crippen LogP contribution in [0.15, 0.2) is 212 Å². The SMILES string of the molecule is [C-]#[N+]c1cc([N+]#[C-])cc(-c2ccc3c4ccccc4n(-c4ccc(-c5ccc6c(c5)c5ccccc5n6-c5ccccc5)cc4-c4nc(-c5ccccc5)nc(-c5ccccc5)n4)c3c2)c1. The maximum absolute atomic E-state index is 7.76. The fourth-order valence-corrected chi connectivity index (χ4v) is 9.33. The van der Waals surface area contributed by atoms with Crippen molar-refractivity contribution in [2.45, 2.75) is 0 Å². The van der Waals surface area contributed by atoms with E-state index in [0.717, 1.165) is 88.5 Å². The van der Waals surface area contributed by atoms with Crippen molar-refractivity contribution in [2.24, 2.45) is 0 Å². The van der Waals surface area contributed by atoms with E-state index in [-0.39, 0.29) is 0 Å². The van der Waals surface area contributed by atoms with E-state index < -0.39 is 0 Å². The zero-order valence-electron chi connectivity index (χ0n) is 35.3. The number of rotatable bonds is 7. The van der Waals surface area contributed by atoms with E-state index in [0.29, 0.717) is 28.8 Å². The van der Waals surface area contributed by atoms with Crippen LogP contribution in [0, 0.1) is 13.1 Å². The van der Waals surface area contributed by atoms with Crippen molar-refractivity contribution in [1.82, 2.24) is 24.1 Å². The molecule has 3 aromatic heterocycles. The second-order valence-corrected chi connectivity index (χ2v) is 16.2. The lowest BCUT2D eigenvalue weighted by Gasteiger charge is -2.17. The van der Waals surface area contributed by atoms with E-state index in [1.165, 1.54) is 5.39 Å². The fraction of sp³-hybridized carbons (Fsp3) is 0. The number of hydrogen-bond acceptors (Lipinski definition) is 3. The van der Waals surface area contributed by atoms with Crippen LogP contribution >= 0.6 is 0 Å². The predicted molar refractivity (Wildman–Crippen MR) is 268 cm³/mol. The summed E-state index contributed by atoms with van der Waals surface area (Å²) in [4.78, 5) is 23.0. The Kier molecular flexibility index (Phi) is 9.12. The highest BCUT2D eigenvalue weighted by atomic mass is 15.1.